The SMILES string of the molecule is C=C[C@]1(C)C[C@@H](OC(=O)CSC2CCN(C(C)=O)C2)[C@]2(C)C(C)CCC3(CCC(=O)C32)[C@@H](C)C1O. The minimum atomic E-state index is -0.655. The fourth-order valence-electron chi connectivity index (χ4n) is 8.03. The molecule has 4 fully saturated rings. The Hall–Kier alpha value is -1.34. The van der Waals surface area contributed by atoms with E-state index in [1.165, 1.54) is 0 Å². The van der Waals surface area contributed by atoms with Crippen LogP contribution in [0.4, 0.5) is 0 Å². The van der Waals surface area contributed by atoms with E-state index in [0.717, 1.165) is 32.2 Å². The monoisotopic (exact) mass is 505 g/mol. The number of hydrogen-bond donors (Lipinski definition) is 1. The van der Waals surface area contributed by atoms with Crippen LogP contribution in [0.15, 0.2) is 12.7 Å². The van der Waals surface area contributed by atoms with E-state index in [2.05, 4.69) is 27.4 Å². The van der Waals surface area contributed by atoms with Gasteiger partial charge in [0.1, 0.15) is 11.9 Å². The summed E-state index contributed by atoms with van der Waals surface area (Å²) in [6.07, 6.45) is 5.28. The van der Waals surface area contributed by atoms with E-state index in [9.17, 15) is 19.5 Å². The van der Waals surface area contributed by atoms with Gasteiger partial charge in [0, 0.05) is 48.4 Å². The van der Waals surface area contributed by atoms with Gasteiger partial charge in [-0.2, -0.15) is 0 Å². The summed E-state index contributed by atoms with van der Waals surface area (Å²) in [7, 11) is 0. The third kappa shape index (κ3) is 4.28. The maximum atomic E-state index is 13.5. The topological polar surface area (TPSA) is 83.9 Å². The van der Waals surface area contributed by atoms with Gasteiger partial charge in [0.2, 0.25) is 5.91 Å². The Kier molecular flexibility index (Phi) is 7.26. The number of carbonyl (C=O) groups is 3. The van der Waals surface area contributed by atoms with Crippen LogP contribution in [-0.4, -0.2) is 64.0 Å². The number of likely N-dealkylation sites (tertiary alicyclic amines) is 1. The van der Waals surface area contributed by atoms with Crippen molar-refractivity contribution in [1.29, 1.82) is 0 Å². The summed E-state index contributed by atoms with van der Waals surface area (Å²) in [4.78, 5) is 40.1. The lowest BCUT2D eigenvalue weighted by molar-refractivity contribution is -0.205. The molecule has 6 nitrogen and oxygen atoms in total. The molecule has 1 heterocycles. The van der Waals surface area contributed by atoms with Crippen molar-refractivity contribution in [3.05, 3.63) is 12.7 Å². The first kappa shape index (κ1) is 26.7. The molecule has 0 radical (unpaired) electrons. The molecule has 1 saturated heterocycles. The van der Waals surface area contributed by atoms with Crippen LogP contribution in [0.25, 0.3) is 0 Å². The van der Waals surface area contributed by atoms with Crippen molar-refractivity contribution in [2.75, 3.05) is 18.8 Å². The van der Waals surface area contributed by atoms with Gasteiger partial charge >= 0.3 is 5.97 Å². The predicted octanol–water partition coefficient (Wildman–Crippen LogP) is 4.25. The first-order valence-electron chi connectivity index (χ1n) is 13.3. The predicted molar refractivity (Wildman–Crippen MR) is 138 cm³/mol. The highest BCUT2D eigenvalue weighted by molar-refractivity contribution is 8.00. The van der Waals surface area contributed by atoms with Gasteiger partial charge in [-0.25, -0.2) is 0 Å². The van der Waals surface area contributed by atoms with Gasteiger partial charge in [-0.1, -0.05) is 33.8 Å². The van der Waals surface area contributed by atoms with E-state index in [4.69, 9.17) is 4.74 Å². The normalized spacial score (nSPS) is 45.4. The number of aliphatic hydroxyl groups excluding tert-OH is 1. The second-order valence-electron chi connectivity index (χ2n) is 12.3. The molecule has 0 spiro atoms. The van der Waals surface area contributed by atoms with Gasteiger partial charge in [-0.05, 0) is 49.4 Å². The Balaban J connectivity index is 1.60. The molecular weight excluding hydrogens is 462 g/mol. The first-order valence-corrected chi connectivity index (χ1v) is 14.3. The van der Waals surface area contributed by atoms with Gasteiger partial charge in [-0.3, -0.25) is 14.4 Å². The second kappa shape index (κ2) is 9.51. The molecule has 5 unspecified atom stereocenters. The molecule has 196 valence electrons. The number of rotatable bonds is 5. The largest absolute Gasteiger partial charge is 0.461 e. The number of aliphatic hydroxyl groups is 1. The van der Waals surface area contributed by atoms with Gasteiger partial charge < -0.3 is 14.7 Å². The number of ketones is 1. The Labute approximate surface area is 214 Å². The summed E-state index contributed by atoms with van der Waals surface area (Å²) in [5.74, 6) is 0.283. The standard InChI is InChI=1S/C28H43NO5S/c1-7-26(5)14-22(34-23(32)16-35-20-10-13-29(15-20)19(4)30)27(6)17(2)8-11-28(18(3)25(26)33)12-9-21(31)24(27)28/h7,17-18,20,22,24-25,33H,1,8-16H2,2-6H3/t17?,18-,20?,22+,24?,25?,26+,27-,28?/m0/s1. The molecular formula is C28H43NO5S. The van der Waals surface area contributed by atoms with Crippen LogP contribution < -0.4 is 0 Å². The Morgan fingerprint density at radius 1 is 1.26 bits per heavy atom. The van der Waals surface area contributed by atoms with E-state index in [0.29, 0.717) is 19.4 Å². The van der Waals surface area contributed by atoms with Crippen LogP contribution in [0, 0.1) is 34.0 Å². The highest BCUT2D eigenvalue weighted by atomic mass is 32.2. The fraction of sp³-hybridized carbons (Fsp3) is 0.821. The zero-order chi connectivity index (χ0) is 25.8. The third-order valence-corrected chi connectivity index (χ3v) is 11.9. The van der Waals surface area contributed by atoms with Gasteiger partial charge in [0.05, 0.1) is 11.9 Å². The Morgan fingerprint density at radius 2 is 1.97 bits per heavy atom. The molecule has 4 rings (SSSR count). The van der Waals surface area contributed by atoms with Crippen molar-refractivity contribution in [2.45, 2.75) is 90.6 Å². The number of amides is 1. The van der Waals surface area contributed by atoms with Crippen LogP contribution in [0.5, 0.6) is 0 Å². The van der Waals surface area contributed by atoms with Gasteiger partial charge in [0.25, 0.3) is 0 Å². The highest BCUT2D eigenvalue weighted by Crippen LogP contribution is 2.68. The fourth-order valence-corrected chi connectivity index (χ4v) is 9.03. The van der Waals surface area contributed by atoms with Crippen molar-refractivity contribution in [3.63, 3.8) is 0 Å². The minimum Gasteiger partial charge on any atom is -0.461 e. The molecule has 1 amide bonds. The van der Waals surface area contributed by atoms with Crippen molar-refractivity contribution in [2.24, 2.45) is 34.0 Å². The zero-order valence-electron chi connectivity index (χ0n) is 22.0. The highest BCUT2D eigenvalue weighted by Gasteiger charge is 2.68. The molecule has 4 aliphatic rings. The number of carbonyl (C=O) groups excluding carboxylic acids is 3. The average molecular weight is 506 g/mol. The van der Waals surface area contributed by atoms with E-state index in [1.54, 1.807) is 18.7 Å². The van der Waals surface area contributed by atoms with E-state index in [1.807, 2.05) is 17.9 Å². The minimum absolute atomic E-state index is 0.0347. The summed E-state index contributed by atoms with van der Waals surface area (Å²) in [5.41, 5.74) is -1.36. The number of Topliss-reactive ketones (excluding diaryl/α,β-unsaturated/α-hetero) is 1. The zero-order valence-corrected chi connectivity index (χ0v) is 22.9. The number of thioether (sulfide) groups is 1. The quantitative estimate of drug-likeness (QED) is 0.444. The molecule has 3 aliphatic carbocycles. The third-order valence-electron chi connectivity index (χ3n) is 10.6. The van der Waals surface area contributed by atoms with E-state index >= 15 is 0 Å². The molecule has 1 N–H and O–H groups in total. The lowest BCUT2D eigenvalue weighted by atomic mass is 9.44. The van der Waals surface area contributed by atoms with Crippen molar-refractivity contribution < 1.29 is 24.2 Å². The number of nitrogens with zero attached hydrogens (tertiary/aromatic N) is 1. The van der Waals surface area contributed by atoms with Crippen molar-refractivity contribution in [1.82, 2.24) is 4.90 Å². The molecule has 2 bridgehead atoms. The number of ether oxygens (including phenoxy) is 1. The lowest BCUT2D eigenvalue weighted by Crippen LogP contribution is -2.63. The molecule has 35 heavy (non-hydrogen) atoms. The van der Waals surface area contributed by atoms with Crippen molar-refractivity contribution >= 4 is 29.4 Å². The van der Waals surface area contributed by atoms with E-state index in [-0.39, 0.29) is 51.8 Å². The average Bonchev–Trinajstić information content (AvgIpc) is 3.44. The summed E-state index contributed by atoms with van der Waals surface area (Å²) in [5, 5.41) is 11.8. The van der Waals surface area contributed by atoms with Crippen LogP contribution in [0.3, 0.4) is 0 Å². The summed E-state index contributed by atoms with van der Waals surface area (Å²) >= 11 is 1.55. The summed E-state index contributed by atoms with van der Waals surface area (Å²) in [6, 6.07) is 0. The number of hydrogen-bond acceptors (Lipinski definition) is 6. The molecule has 0 aromatic rings. The van der Waals surface area contributed by atoms with Gasteiger partial charge in [-0.15, -0.1) is 18.3 Å². The maximum absolute atomic E-state index is 13.5. The van der Waals surface area contributed by atoms with Crippen molar-refractivity contribution in [3.8, 4) is 0 Å². The molecule has 0 aromatic heterocycles. The first-order chi connectivity index (χ1) is 16.4. The molecule has 1 aliphatic heterocycles. The molecule has 7 heteroatoms. The van der Waals surface area contributed by atoms with Crippen LogP contribution in [0.1, 0.15) is 73.1 Å². The second-order valence-corrected chi connectivity index (χ2v) is 13.5. The maximum Gasteiger partial charge on any atom is 0.316 e. The smallest absolute Gasteiger partial charge is 0.316 e. The molecule has 9 atom stereocenters. The summed E-state index contributed by atoms with van der Waals surface area (Å²) < 4.78 is 6.30. The Bertz CT molecular complexity index is 893. The lowest BCUT2D eigenvalue weighted by Gasteiger charge is -2.61. The molecule has 0 aromatic carbocycles. The van der Waals surface area contributed by atoms with Crippen LogP contribution in [-0.2, 0) is 19.1 Å². The molecule has 3 saturated carbocycles. The van der Waals surface area contributed by atoms with E-state index < -0.39 is 23.0 Å². The Morgan fingerprint density at radius 3 is 2.60 bits per heavy atom. The van der Waals surface area contributed by atoms with Gasteiger partial charge in [0.15, 0.2) is 0 Å². The summed E-state index contributed by atoms with van der Waals surface area (Å²) in [6.45, 7) is 15.6. The van der Waals surface area contributed by atoms with Crippen LogP contribution in [0.2, 0.25) is 0 Å². The van der Waals surface area contributed by atoms with Crippen LogP contribution >= 0.6 is 11.8 Å². The number of esters is 1.